The highest BCUT2D eigenvalue weighted by molar-refractivity contribution is 8.23. The molecule has 1 heterocycles. The zero-order chi connectivity index (χ0) is 21.8. The maximum absolute atomic E-state index is 13.7. The van der Waals surface area contributed by atoms with Crippen LogP contribution in [-0.2, 0) is 0 Å². The Hall–Kier alpha value is -3.27. The van der Waals surface area contributed by atoms with Crippen molar-refractivity contribution in [2.24, 2.45) is 4.99 Å². The van der Waals surface area contributed by atoms with Crippen LogP contribution in [-0.4, -0.2) is 27.2 Å². The minimum absolute atomic E-state index is 0.315. The summed E-state index contributed by atoms with van der Waals surface area (Å²) in [6, 6.07) is 28.4. The Morgan fingerprint density at radius 3 is 2.29 bits per heavy atom. The lowest BCUT2D eigenvalue weighted by atomic mass is 9.94. The lowest BCUT2D eigenvalue weighted by molar-refractivity contribution is 0.0976. The van der Waals surface area contributed by atoms with Gasteiger partial charge in [0, 0.05) is 16.7 Å². The standard InChI is InChI=1S/C25H19N3OS2/c1-2-31-24(30)25(17-26)27-22(18-11-5-3-6-12-18)20-15-9-10-16-21(20)28(25)23(29)19-13-7-4-8-14-19/h3-16H,2H2,1H3/t25-/m1/s1. The number of para-hydroxylation sites is 1. The molecule has 0 radical (unpaired) electrons. The molecule has 0 bridgehead atoms. The zero-order valence-electron chi connectivity index (χ0n) is 16.9. The Morgan fingerprint density at radius 1 is 1.03 bits per heavy atom. The van der Waals surface area contributed by atoms with Gasteiger partial charge in [-0.3, -0.25) is 9.69 Å². The van der Waals surface area contributed by atoms with Crippen LogP contribution < -0.4 is 4.90 Å². The summed E-state index contributed by atoms with van der Waals surface area (Å²) in [5.74, 6) is 0.359. The number of fused-ring (bicyclic) bond motifs is 1. The molecule has 1 aliphatic rings. The average Bonchev–Trinajstić information content (AvgIpc) is 2.83. The summed E-state index contributed by atoms with van der Waals surface area (Å²) in [7, 11) is 0. The van der Waals surface area contributed by atoms with Crippen molar-refractivity contribution in [1.82, 2.24) is 0 Å². The van der Waals surface area contributed by atoms with Crippen molar-refractivity contribution >= 4 is 45.5 Å². The molecule has 4 nitrogen and oxygen atoms in total. The number of carbonyl (C=O) groups is 1. The number of thioether (sulfide) groups is 1. The third kappa shape index (κ3) is 3.67. The third-order valence-corrected chi connectivity index (χ3v) is 6.46. The van der Waals surface area contributed by atoms with Gasteiger partial charge in [0.1, 0.15) is 10.3 Å². The number of aliphatic imine (C=N–C) groups is 1. The second-order valence-corrected chi connectivity index (χ2v) is 8.80. The van der Waals surface area contributed by atoms with Gasteiger partial charge in [-0.05, 0) is 24.0 Å². The smallest absolute Gasteiger partial charge is 0.269 e. The van der Waals surface area contributed by atoms with Crippen LogP contribution in [0.4, 0.5) is 5.69 Å². The quantitative estimate of drug-likeness (QED) is 0.503. The fraction of sp³-hybridized carbons (Fsp3) is 0.120. The number of carbonyl (C=O) groups excluding carboxylic acids is 1. The van der Waals surface area contributed by atoms with Gasteiger partial charge in [-0.15, -0.1) is 11.8 Å². The van der Waals surface area contributed by atoms with Crippen LogP contribution in [0.25, 0.3) is 0 Å². The van der Waals surface area contributed by atoms with Crippen molar-refractivity contribution in [1.29, 1.82) is 5.26 Å². The van der Waals surface area contributed by atoms with E-state index in [4.69, 9.17) is 17.2 Å². The van der Waals surface area contributed by atoms with Crippen LogP contribution >= 0.6 is 24.0 Å². The summed E-state index contributed by atoms with van der Waals surface area (Å²) in [5.41, 5.74) is 1.75. The van der Waals surface area contributed by atoms with E-state index in [1.165, 1.54) is 16.7 Å². The topological polar surface area (TPSA) is 56.5 Å². The number of hydrogen-bond acceptors (Lipinski definition) is 5. The number of anilines is 1. The van der Waals surface area contributed by atoms with E-state index in [0.717, 1.165) is 11.1 Å². The lowest BCUT2D eigenvalue weighted by Gasteiger charge is -2.40. The minimum Gasteiger partial charge on any atom is -0.269 e. The molecule has 1 aliphatic heterocycles. The van der Waals surface area contributed by atoms with Gasteiger partial charge in [0.25, 0.3) is 11.6 Å². The number of amides is 1. The Labute approximate surface area is 191 Å². The number of benzene rings is 3. The van der Waals surface area contributed by atoms with Crippen LogP contribution in [0.3, 0.4) is 0 Å². The van der Waals surface area contributed by atoms with Crippen molar-refractivity contribution < 1.29 is 4.79 Å². The molecule has 0 fully saturated rings. The molecule has 6 heteroatoms. The molecular formula is C25H19N3OS2. The molecular weight excluding hydrogens is 422 g/mol. The Kier molecular flexibility index (Phi) is 5.99. The van der Waals surface area contributed by atoms with Crippen LogP contribution in [0.5, 0.6) is 0 Å². The first-order chi connectivity index (χ1) is 15.1. The number of nitrogens with zero attached hydrogens (tertiary/aromatic N) is 3. The van der Waals surface area contributed by atoms with E-state index in [2.05, 4.69) is 6.07 Å². The van der Waals surface area contributed by atoms with Gasteiger partial charge in [0.15, 0.2) is 0 Å². The predicted molar refractivity (Wildman–Crippen MR) is 131 cm³/mol. The maximum Gasteiger partial charge on any atom is 0.270 e. The number of hydrogen-bond donors (Lipinski definition) is 0. The summed E-state index contributed by atoms with van der Waals surface area (Å²) in [5, 5.41) is 10.4. The van der Waals surface area contributed by atoms with E-state index in [0.29, 0.717) is 26.9 Å². The van der Waals surface area contributed by atoms with E-state index in [-0.39, 0.29) is 5.91 Å². The molecule has 4 rings (SSSR count). The largest absolute Gasteiger partial charge is 0.270 e. The summed E-state index contributed by atoms with van der Waals surface area (Å²) < 4.78 is 0.352. The van der Waals surface area contributed by atoms with Gasteiger partial charge in [-0.2, -0.15) is 5.26 Å². The van der Waals surface area contributed by atoms with Crippen LogP contribution in [0, 0.1) is 11.3 Å². The van der Waals surface area contributed by atoms with Gasteiger partial charge in [-0.25, -0.2) is 4.99 Å². The van der Waals surface area contributed by atoms with Crippen LogP contribution in [0.1, 0.15) is 28.4 Å². The summed E-state index contributed by atoms with van der Waals surface area (Å²) >= 11 is 7.06. The van der Waals surface area contributed by atoms with Crippen LogP contribution in [0.15, 0.2) is 89.9 Å². The fourth-order valence-corrected chi connectivity index (χ4v) is 4.77. The molecule has 0 saturated heterocycles. The van der Waals surface area contributed by atoms with Gasteiger partial charge in [0.05, 0.1) is 11.4 Å². The number of nitriles is 1. The van der Waals surface area contributed by atoms with Crippen molar-refractivity contribution in [3.05, 3.63) is 102 Å². The first kappa shape index (κ1) is 21.0. The van der Waals surface area contributed by atoms with Crippen LogP contribution in [0.2, 0.25) is 0 Å². The van der Waals surface area contributed by atoms with Gasteiger partial charge >= 0.3 is 0 Å². The SMILES string of the molecule is CCSC(=S)[C@]1(C#N)N=C(c2ccccc2)c2ccccc2N1C(=O)c1ccccc1. The van der Waals surface area contributed by atoms with E-state index >= 15 is 0 Å². The summed E-state index contributed by atoms with van der Waals surface area (Å²) in [6.45, 7) is 1.96. The molecule has 0 saturated carbocycles. The molecule has 0 aromatic heterocycles. The minimum atomic E-state index is -1.64. The van der Waals surface area contributed by atoms with E-state index in [1.54, 1.807) is 24.3 Å². The van der Waals surface area contributed by atoms with Gasteiger partial charge in [-0.1, -0.05) is 85.9 Å². The molecule has 3 aromatic rings. The maximum atomic E-state index is 13.7. The second-order valence-electron chi connectivity index (χ2n) is 6.85. The molecule has 1 atom stereocenters. The second kappa shape index (κ2) is 8.84. The Morgan fingerprint density at radius 2 is 1.65 bits per heavy atom. The van der Waals surface area contributed by atoms with E-state index < -0.39 is 5.66 Å². The highest BCUT2D eigenvalue weighted by Crippen LogP contribution is 2.40. The lowest BCUT2D eigenvalue weighted by Crippen LogP contribution is -2.57. The van der Waals surface area contributed by atoms with E-state index in [9.17, 15) is 10.1 Å². The molecule has 0 spiro atoms. The summed E-state index contributed by atoms with van der Waals surface area (Å²) in [6.07, 6.45) is 0. The number of thiocarbonyl (C=S) groups is 1. The van der Waals surface area contributed by atoms with Gasteiger partial charge < -0.3 is 0 Å². The zero-order valence-corrected chi connectivity index (χ0v) is 18.5. The van der Waals surface area contributed by atoms with Crippen molar-refractivity contribution in [3.8, 4) is 6.07 Å². The molecule has 0 aliphatic carbocycles. The Bertz CT molecular complexity index is 1200. The Balaban J connectivity index is 2.01. The first-order valence-electron chi connectivity index (χ1n) is 9.85. The van der Waals surface area contributed by atoms with Gasteiger partial charge in [0.2, 0.25) is 0 Å². The van der Waals surface area contributed by atoms with Crippen molar-refractivity contribution in [2.45, 2.75) is 12.6 Å². The third-order valence-electron chi connectivity index (χ3n) is 4.98. The average molecular weight is 442 g/mol. The molecule has 0 unspecified atom stereocenters. The first-order valence-corrected chi connectivity index (χ1v) is 11.2. The fourth-order valence-electron chi connectivity index (χ4n) is 3.59. The highest BCUT2D eigenvalue weighted by Gasteiger charge is 2.49. The monoisotopic (exact) mass is 441 g/mol. The number of rotatable bonds is 4. The molecule has 152 valence electrons. The normalized spacial score (nSPS) is 17.3. The molecule has 31 heavy (non-hydrogen) atoms. The van der Waals surface area contributed by atoms with E-state index in [1.807, 2.05) is 67.6 Å². The van der Waals surface area contributed by atoms with Crippen molar-refractivity contribution in [3.63, 3.8) is 0 Å². The highest BCUT2D eigenvalue weighted by atomic mass is 32.2. The molecule has 0 N–H and O–H groups in total. The molecule has 3 aromatic carbocycles. The molecule has 1 amide bonds. The predicted octanol–water partition coefficient (Wildman–Crippen LogP) is 5.48. The van der Waals surface area contributed by atoms with Crippen molar-refractivity contribution in [2.75, 3.05) is 10.7 Å². The summed E-state index contributed by atoms with van der Waals surface area (Å²) in [4.78, 5) is 20.1.